The van der Waals surface area contributed by atoms with Crippen LogP contribution in [-0.2, 0) is 9.59 Å². The largest absolute Gasteiger partial charge is 0.360 e. The highest BCUT2D eigenvalue weighted by Crippen LogP contribution is 2.27. The van der Waals surface area contributed by atoms with Crippen LogP contribution >= 0.6 is 12.4 Å². The Labute approximate surface area is 129 Å². The quantitative estimate of drug-likeness (QED) is 0.777. The lowest BCUT2D eigenvalue weighted by atomic mass is 10.4. The molecule has 1 aromatic rings. The lowest BCUT2D eigenvalue weighted by Crippen LogP contribution is -2.40. The van der Waals surface area contributed by atoms with Crippen LogP contribution in [0.15, 0.2) is 10.6 Å². The molecule has 2 N–H and O–H groups in total. The van der Waals surface area contributed by atoms with E-state index in [2.05, 4.69) is 15.8 Å². The van der Waals surface area contributed by atoms with Gasteiger partial charge in [-0.1, -0.05) is 5.16 Å². The van der Waals surface area contributed by atoms with Gasteiger partial charge in [-0.3, -0.25) is 9.59 Å². The van der Waals surface area contributed by atoms with Gasteiger partial charge in [0.1, 0.15) is 5.76 Å². The zero-order valence-electron chi connectivity index (χ0n) is 12.2. The summed E-state index contributed by atoms with van der Waals surface area (Å²) < 4.78 is 4.84. The minimum absolute atomic E-state index is 0. The van der Waals surface area contributed by atoms with Crippen molar-refractivity contribution in [2.45, 2.75) is 19.8 Å². The van der Waals surface area contributed by atoms with Gasteiger partial charge in [0.25, 0.3) is 0 Å². The highest BCUT2D eigenvalue weighted by molar-refractivity contribution is 5.93. The van der Waals surface area contributed by atoms with Crippen LogP contribution in [0.3, 0.4) is 0 Å². The minimum Gasteiger partial charge on any atom is -0.360 e. The Morgan fingerprint density at radius 3 is 2.76 bits per heavy atom. The third-order valence-corrected chi connectivity index (χ3v) is 3.11. The molecule has 0 saturated heterocycles. The van der Waals surface area contributed by atoms with Crippen molar-refractivity contribution in [3.05, 3.63) is 11.8 Å². The van der Waals surface area contributed by atoms with Crippen LogP contribution < -0.4 is 10.6 Å². The maximum atomic E-state index is 11.8. The second-order valence-electron chi connectivity index (χ2n) is 5.20. The number of aromatic nitrogens is 1. The van der Waals surface area contributed by atoms with Crippen molar-refractivity contribution in [2.75, 3.05) is 32.0 Å². The van der Waals surface area contributed by atoms with Gasteiger partial charge in [-0.05, 0) is 32.2 Å². The summed E-state index contributed by atoms with van der Waals surface area (Å²) in [7, 11) is 1.61. The molecule has 0 unspecified atom stereocenters. The van der Waals surface area contributed by atoms with Gasteiger partial charge in [0, 0.05) is 13.1 Å². The van der Waals surface area contributed by atoms with E-state index in [-0.39, 0.29) is 37.3 Å². The SMILES string of the molecule is Cc1cc(NC(=O)CN(C)C(=O)CNCC2CC2)no1.Cl. The summed E-state index contributed by atoms with van der Waals surface area (Å²) in [6.07, 6.45) is 2.49. The maximum absolute atomic E-state index is 11.8. The Morgan fingerprint density at radius 1 is 1.48 bits per heavy atom. The molecule has 7 nitrogen and oxygen atoms in total. The molecule has 1 saturated carbocycles. The molecule has 118 valence electrons. The van der Waals surface area contributed by atoms with Crippen LogP contribution in [0.25, 0.3) is 0 Å². The number of halogens is 1. The van der Waals surface area contributed by atoms with E-state index in [1.807, 2.05) is 0 Å². The van der Waals surface area contributed by atoms with Crippen LogP contribution in [0.1, 0.15) is 18.6 Å². The van der Waals surface area contributed by atoms with Crippen molar-refractivity contribution in [3.8, 4) is 0 Å². The molecule has 1 aliphatic rings. The van der Waals surface area contributed by atoms with Crippen molar-refractivity contribution in [2.24, 2.45) is 5.92 Å². The molecular weight excluding hydrogens is 296 g/mol. The Morgan fingerprint density at radius 2 is 2.19 bits per heavy atom. The normalized spacial score (nSPS) is 13.4. The number of hydrogen-bond donors (Lipinski definition) is 2. The van der Waals surface area contributed by atoms with E-state index in [1.54, 1.807) is 20.0 Å². The van der Waals surface area contributed by atoms with Crippen molar-refractivity contribution in [1.29, 1.82) is 0 Å². The fourth-order valence-electron chi connectivity index (χ4n) is 1.75. The molecule has 0 aliphatic heterocycles. The van der Waals surface area contributed by atoms with Crippen molar-refractivity contribution >= 4 is 30.0 Å². The summed E-state index contributed by atoms with van der Waals surface area (Å²) in [6.45, 7) is 2.88. The van der Waals surface area contributed by atoms with E-state index in [4.69, 9.17) is 4.52 Å². The molecule has 1 aromatic heterocycles. The molecule has 1 heterocycles. The monoisotopic (exact) mass is 316 g/mol. The highest BCUT2D eigenvalue weighted by Gasteiger charge is 2.21. The van der Waals surface area contributed by atoms with Crippen molar-refractivity contribution in [1.82, 2.24) is 15.4 Å². The molecule has 0 aromatic carbocycles. The number of aryl methyl sites for hydroxylation is 1. The van der Waals surface area contributed by atoms with Crippen molar-refractivity contribution < 1.29 is 14.1 Å². The second-order valence-corrected chi connectivity index (χ2v) is 5.20. The smallest absolute Gasteiger partial charge is 0.245 e. The van der Waals surface area contributed by atoms with Gasteiger partial charge in [0.15, 0.2) is 5.82 Å². The van der Waals surface area contributed by atoms with Gasteiger partial charge >= 0.3 is 0 Å². The highest BCUT2D eigenvalue weighted by atomic mass is 35.5. The van der Waals surface area contributed by atoms with Crippen LogP contribution in [0.4, 0.5) is 5.82 Å². The minimum atomic E-state index is -0.295. The predicted molar refractivity (Wildman–Crippen MR) is 80.3 cm³/mol. The molecule has 21 heavy (non-hydrogen) atoms. The number of carbonyl (C=O) groups excluding carboxylic acids is 2. The molecule has 1 fully saturated rings. The van der Waals surface area contributed by atoms with E-state index in [0.29, 0.717) is 11.6 Å². The number of carbonyl (C=O) groups is 2. The molecule has 0 bridgehead atoms. The van der Waals surface area contributed by atoms with Gasteiger partial charge in [-0.25, -0.2) is 0 Å². The zero-order chi connectivity index (χ0) is 14.5. The van der Waals surface area contributed by atoms with E-state index in [9.17, 15) is 9.59 Å². The molecule has 0 spiro atoms. The summed E-state index contributed by atoms with van der Waals surface area (Å²) in [5.41, 5.74) is 0. The number of anilines is 1. The van der Waals surface area contributed by atoms with E-state index in [0.717, 1.165) is 12.5 Å². The Kier molecular flexibility index (Phi) is 6.64. The van der Waals surface area contributed by atoms with Gasteiger partial charge in [0.05, 0.1) is 13.1 Å². The predicted octanol–water partition coefficient (Wildman–Crippen LogP) is 0.801. The molecule has 1 aliphatic carbocycles. The average molecular weight is 317 g/mol. The van der Waals surface area contributed by atoms with Crippen LogP contribution in [0, 0.1) is 12.8 Å². The lowest BCUT2D eigenvalue weighted by molar-refractivity contribution is -0.132. The van der Waals surface area contributed by atoms with Crippen LogP contribution in [-0.4, -0.2) is 48.6 Å². The fraction of sp³-hybridized carbons (Fsp3) is 0.615. The first kappa shape index (κ1) is 17.5. The molecule has 0 radical (unpaired) electrons. The number of amides is 2. The molecule has 2 rings (SSSR count). The van der Waals surface area contributed by atoms with Crippen molar-refractivity contribution in [3.63, 3.8) is 0 Å². The van der Waals surface area contributed by atoms with Crippen LogP contribution in [0.5, 0.6) is 0 Å². The zero-order valence-corrected chi connectivity index (χ0v) is 13.0. The molecule has 0 atom stereocenters. The average Bonchev–Trinajstić information content (AvgIpc) is 3.12. The van der Waals surface area contributed by atoms with Gasteiger partial charge in [-0.2, -0.15) is 0 Å². The third-order valence-electron chi connectivity index (χ3n) is 3.11. The van der Waals surface area contributed by atoms with E-state index >= 15 is 0 Å². The second kappa shape index (κ2) is 7.99. The summed E-state index contributed by atoms with van der Waals surface area (Å²) >= 11 is 0. The molecule has 8 heteroatoms. The number of nitrogens with zero attached hydrogens (tertiary/aromatic N) is 2. The summed E-state index contributed by atoms with van der Waals surface area (Å²) in [6, 6.07) is 1.62. The first-order valence-corrected chi connectivity index (χ1v) is 6.72. The molecule has 2 amide bonds. The standard InChI is InChI=1S/C13H20N4O3.ClH/c1-9-5-11(16-20-9)15-12(18)8-17(2)13(19)7-14-6-10-3-4-10;/h5,10,14H,3-4,6-8H2,1-2H3,(H,15,16,18);1H. The Hall–Kier alpha value is -1.60. The van der Waals surface area contributed by atoms with E-state index in [1.165, 1.54) is 17.7 Å². The van der Waals surface area contributed by atoms with Gasteiger partial charge < -0.3 is 20.1 Å². The third kappa shape index (κ3) is 6.14. The molecular formula is C13H21ClN4O3. The van der Waals surface area contributed by atoms with E-state index < -0.39 is 0 Å². The summed E-state index contributed by atoms with van der Waals surface area (Å²) in [5, 5.41) is 9.34. The number of likely N-dealkylation sites (N-methyl/N-ethyl adjacent to an activating group) is 1. The van der Waals surface area contributed by atoms with Crippen LogP contribution in [0.2, 0.25) is 0 Å². The lowest BCUT2D eigenvalue weighted by Gasteiger charge is -2.16. The maximum Gasteiger partial charge on any atom is 0.245 e. The number of rotatable bonds is 7. The number of hydrogen-bond acceptors (Lipinski definition) is 5. The summed E-state index contributed by atoms with van der Waals surface area (Å²) in [5.74, 6) is 1.31. The number of nitrogens with one attached hydrogen (secondary N) is 2. The summed E-state index contributed by atoms with van der Waals surface area (Å²) in [4.78, 5) is 24.9. The Balaban J connectivity index is 0.00000220. The fourth-order valence-corrected chi connectivity index (χ4v) is 1.75. The van der Waals surface area contributed by atoms with Gasteiger partial charge in [-0.15, -0.1) is 12.4 Å². The van der Waals surface area contributed by atoms with Gasteiger partial charge in [0.2, 0.25) is 11.8 Å². The Bertz CT molecular complexity index is 488. The topological polar surface area (TPSA) is 87.5 Å². The first-order chi connectivity index (χ1) is 9.54. The first-order valence-electron chi connectivity index (χ1n) is 6.72.